The van der Waals surface area contributed by atoms with Crippen molar-refractivity contribution in [2.24, 2.45) is 0 Å². The average molecular weight is 369 g/mol. The molecule has 1 aliphatic rings. The minimum atomic E-state index is 0.120. The van der Waals surface area contributed by atoms with Gasteiger partial charge in [0.25, 0.3) is 0 Å². The average Bonchev–Trinajstić information content (AvgIpc) is 2.98. The molecule has 0 saturated heterocycles. The van der Waals surface area contributed by atoms with Crippen LogP contribution < -0.4 is 0 Å². The van der Waals surface area contributed by atoms with Crippen molar-refractivity contribution < 1.29 is 4.79 Å². The predicted octanol–water partition coefficient (Wildman–Crippen LogP) is 4.07. The largest absolute Gasteiger partial charge is 0.340 e. The molecule has 0 aliphatic carbocycles. The third-order valence-electron chi connectivity index (χ3n) is 4.08. The molecule has 0 unspecified atom stereocenters. The summed E-state index contributed by atoms with van der Waals surface area (Å²) in [5, 5.41) is 3.18. The highest BCUT2D eigenvalue weighted by Crippen LogP contribution is 2.25. The number of carbonyl (C=O) groups excluding carboxylic acids is 1. The molecule has 0 radical (unpaired) electrons. The van der Waals surface area contributed by atoms with E-state index in [0.29, 0.717) is 23.1 Å². The van der Waals surface area contributed by atoms with Gasteiger partial charge in [-0.15, -0.1) is 11.3 Å². The second-order valence-corrected chi connectivity index (χ2v) is 7.64. The highest BCUT2D eigenvalue weighted by molar-refractivity contribution is 7.10. The van der Waals surface area contributed by atoms with Crippen molar-refractivity contribution in [1.82, 2.24) is 9.80 Å². The maximum Gasteiger partial charge on any atom is 0.236 e. The summed E-state index contributed by atoms with van der Waals surface area (Å²) in [5.74, 6) is 0.120. The van der Waals surface area contributed by atoms with Gasteiger partial charge in [0.05, 0.1) is 16.6 Å². The molecule has 1 aromatic carbocycles. The van der Waals surface area contributed by atoms with E-state index in [9.17, 15) is 4.79 Å². The van der Waals surface area contributed by atoms with Crippen LogP contribution in [0.2, 0.25) is 10.0 Å². The summed E-state index contributed by atoms with van der Waals surface area (Å²) in [5.41, 5.74) is 2.34. The molecule has 1 aromatic heterocycles. The Kier molecular flexibility index (Phi) is 5.27. The van der Waals surface area contributed by atoms with Crippen LogP contribution in [0.3, 0.4) is 0 Å². The van der Waals surface area contributed by atoms with Crippen LogP contribution in [0.5, 0.6) is 0 Å². The Hall–Kier alpha value is -1.07. The molecule has 23 heavy (non-hydrogen) atoms. The minimum Gasteiger partial charge on any atom is -0.340 e. The number of rotatable bonds is 4. The van der Waals surface area contributed by atoms with Gasteiger partial charge in [-0.05, 0) is 41.1 Å². The number of hydrogen-bond acceptors (Lipinski definition) is 3. The molecule has 3 nitrogen and oxygen atoms in total. The first-order chi connectivity index (χ1) is 11.0. The normalized spacial score (nSPS) is 14.6. The number of halogens is 2. The van der Waals surface area contributed by atoms with Gasteiger partial charge in [-0.2, -0.15) is 0 Å². The molecule has 2 heterocycles. The van der Waals surface area contributed by atoms with Crippen LogP contribution in [-0.4, -0.2) is 35.8 Å². The molecular formula is C17H18Cl2N2OS. The van der Waals surface area contributed by atoms with Gasteiger partial charge in [0.2, 0.25) is 5.91 Å². The molecule has 3 rings (SSSR count). The summed E-state index contributed by atoms with van der Waals surface area (Å²) in [7, 11) is 1.82. The number of likely N-dealkylation sites (N-methyl/N-ethyl adjacent to an activating group) is 1. The molecule has 1 aliphatic heterocycles. The van der Waals surface area contributed by atoms with E-state index in [-0.39, 0.29) is 5.91 Å². The van der Waals surface area contributed by atoms with Gasteiger partial charge in [-0.3, -0.25) is 9.69 Å². The third-order valence-corrected chi connectivity index (χ3v) is 5.84. The monoisotopic (exact) mass is 368 g/mol. The second-order valence-electron chi connectivity index (χ2n) is 5.83. The molecule has 122 valence electrons. The smallest absolute Gasteiger partial charge is 0.236 e. The summed E-state index contributed by atoms with van der Waals surface area (Å²) in [6.07, 6.45) is 1.04. The lowest BCUT2D eigenvalue weighted by Crippen LogP contribution is -2.40. The molecule has 2 aromatic rings. The van der Waals surface area contributed by atoms with Crippen LogP contribution in [0.15, 0.2) is 29.6 Å². The van der Waals surface area contributed by atoms with Crippen LogP contribution >= 0.6 is 34.5 Å². The maximum absolute atomic E-state index is 12.4. The molecule has 0 saturated carbocycles. The van der Waals surface area contributed by atoms with E-state index in [0.717, 1.165) is 25.1 Å². The summed E-state index contributed by atoms with van der Waals surface area (Å²) in [6.45, 7) is 2.80. The molecule has 0 N–H and O–H groups in total. The fraction of sp³-hybridized carbons (Fsp3) is 0.353. The van der Waals surface area contributed by atoms with Crippen LogP contribution in [0, 0.1) is 0 Å². The number of thiophene rings is 1. The molecule has 0 spiro atoms. The lowest BCUT2D eigenvalue weighted by molar-refractivity contribution is -0.131. The van der Waals surface area contributed by atoms with Crippen LogP contribution in [0.4, 0.5) is 0 Å². The highest BCUT2D eigenvalue weighted by Gasteiger charge is 2.20. The van der Waals surface area contributed by atoms with Gasteiger partial charge < -0.3 is 4.90 Å². The Morgan fingerprint density at radius 2 is 2.13 bits per heavy atom. The first-order valence-electron chi connectivity index (χ1n) is 7.48. The van der Waals surface area contributed by atoms with E-state index in [1.807, 2.05) is 30.5 Å². The third kappa shape index (κ3) is 4.07. The van der Waals surface area contributed by atoms with Crippen LogP contribution in [0.25, 0.3) is 0 Å². The van der Waals surface area contributed by atoms with E-state index in [1.54, 1.807) is 11.0 Å². The SMILES string of the molecule is CN(Cc1ccc(Cl)c(Cl)c1)C(=O)CN1CCc2sccc2C1. The van der Waals surface area contributed by atoms with Gasteiger partial charge in [0.1, 0.15) is 0 Å². The lowest BCUT2D eigenvalue weighted by atomic mass is 10.1. The zero-order valence-electron chi connectivity index (χ0n) is 12.9. The van der Waals surface area contributed by atoms with Gasteiger partial charge in [-0.25, -0.2) is 0 Å². The van der Waals surface area contributed by atoms with Crippen molar-refractivity contribution >= 4 is 40.4 Å². The summed E-state index contributed by atoms with van der Waals surface area (Å²) in [6, 6.07) is 7.64. The van der Waals surface area contributed by atoms with Crippen molar-refractivity contribution in [2.75, 3.05) is 20.1 Å². The zero-order chi connectivity index (χ0) is 16.4. The van der Waals surface area contributed by atoms with Gasteiger partial charge in [-0.1, -0.05) is 29.3 Å². The molecule has 1 amide bonds. The Morgan fingerprint density at radius 1 is 1.30 bits per heavy atom. The Balaban J connectivity index is 1.56. The van der Waals surface area contributed by atoms with E-state index in [2.05, 4.69) is 16.3 Å². The predicted molar refractivity (Wildman–Crippen MR) is 96.2 cm³/mol. The van der Waals surface area contributed by atoms with Crippen molar-refractivity contribution in [3.8, 4) is 0 Å². The van der Waals surface area contributed by atoms with Gasteiger partial charge in [0, 0.05) is 31.6 Å². The molecule has 0 bridgehead atoms. The van der Waals surface area contributed by atoms with E-state index >= 15 is 0 Å². The number of hydrogen-bond donors (Lipinski definition) is 0. The Labute approximate surface area is 150 Å². The first kappa shape index (κ1) is 16.8. The van der Waals surface area contributed by atoms with Crippen LogP contribution in [0.1, 0.15) is 16.0 Å². The van der Waals surface area contributed by atoms with E-state index in [4.69, 9.17) is 23.2 Å². The molecular weight excluding hydrogens is 351 g/mol. The van der Waals surface area contributed by atoms with Gasteiger partial charge >= 0.3 is 0 Å². The minimum absolute atomic E-state index is 0.120. The second kappa shape index (κ2) is 7.22. The highest BCUT2D eigenvalue weighted by atomic mass is 35.5. The number of amides is 1. The number of fused-ring (bicyclic) bond motifs is 1. The number of nitrogens with zero attached hydrogens (tertiary/aromatic N) is 2. The van der Waals surface area contributed by atoms with Gasteiger partial charge in [0.15, 0.2) is 0 Å². The van der Waals surface area contributed by atoms with Crippen molar-refractivity contribution in [1.29, 1.82) is 0 Å². The summed E-state index contributed by atoms with van der Waals surface area (Å²) in [4.78, 5) is 17.9. The molecule has 0 atom stereocenters. The van der Waals surface area contributed by atoms with E-state index < -0.39 is 0 Å². The van der Waals surface area contributed by atoms with Crippen molar-refractivity contribution in [2.45, 2.75) is 19.5 Å². The van der Waals surface area contributed by atoms with Crippen molar-refractivity contribution in [3.63, 3.8) is 0 Å². The fourth-order valence-corrected chi connectivity index (χ4v) is 3.96. The summed E-state index contributed by atoms with van der Waals surface area (Å²) >= 11 is 13.8. The topological polar surface area (TPSA) is 23.6 Å². The number of benzene rings is 1. The Morgan fingerprint density at radius 3 is 2.91 bits per heavy atom. The molecule has 6 heteroatoms. The van der Waals surface area contributed by atoms with E-state index in [1.165, 1.54) is 10.4 Å². The Bertz CT molecular complexity index is 716. The van der Waals surface area contributed by atoms with Crippen LogP contribution in [-0.2, 0) is 24.3 Å². The quantitative estimate of drug-likeness (QED) is 0.811. The first-order valence-corrected chi connectivity index (χ1v) is 9.12. The number of carbonyl (C=O) groups is 1. The lowest BCUT2D eigenvalue weighted by Gasteiger charge is -2.28. The maximum atomic E-state index is 12.4. The zero-order valence-corrected chi connectivity index (χ0v) is 15.2. The van der Waals surface area contributed by atoms with Crippen molar-refractivity contribution in [3.05, 3.63) is 55.7 Å². The fourth-order valence-electron chi connectivity index (χ4n) is 2.75. The standard InChI is InChI=1S/C17H18Cl2N2OS/c1-20(9-12-2-3-14(18)15(19)8-12)17(22)11-21-6-4-16-13(10-21)5-7-23-16/h2-3,5,7-8H,4,6,9-11H2,1H3. The summed E-state index contributed by atoms with van der Waals surface area (Å²) < 4.78 is 0. The molecule has 0 fully saturated rings.